The smallest absolute Gasteiger partial charge is 0.270 e. The quantitative estimate of drug-likeness (QED) is 0.919. The number of hydrogen-bond acceptors (Lipinski definition) is 5. The zero-order chi connectivity index (χ0) is 17.2. The lowest BCUT2D eigenvalue weighted by Crippen LogP contribution is -2.47. The van der Waals surface area contributed by atoms with E-state index in [1.54, 1.807) is 18.2 Å². The number of aromatic nitrogens is 2. The lowest BCUT2D eigenvalue weighted by atomic mass is 10.2. The highest BCUT2D eigenvalue weighted by molar-refractivity contribution is 5.93. The highest BCUT2D eigenvalue weighted by Crippen LogP contribution is 2.22. The van der Waals surface area contributed by atoms with Crippen molar-refractivity contribution >= 4 is 17.4 Å². The van der Waals surface area contributed by atoms with Crippen LogP contribution in [0.2, 0.25) is 0 Å². The van der Waals surface area contributed by atoms with Gasteiger partial charge in [0, 0.05) is 38.3 Å². The molecule has 4 rings (SSSR count). The van der Waals surface area contributed by atoms with Crippen molar-refractivity contribution in [3.05, 3.63) is 48.2 Å². The minimum Gasteiger partial charge on any atom is -0.366 e. The number of nitrogens with zero attached hydrogens (tertiary/aromatic N) is 4. The first-order valence-electron chi connectivity index (χ1n) is 8.58. The lowest BCUT2D eigenvalue weighted by Gasteiger charge is -2.36. The third-order valence-corrected chi connectivity index (χ3v) is 4.59. The van der Waals surface area contributed by atoms with Gasteiger partial charge in [-0.1, -0.05) is 12.1 Å². The second-order valence-electron chi connectivity index (χ2n) is 6.43. The Morgan fingerprint density at radius 1 is 1.08 bits per heavy atom. The van der Waals surface area contributed by atoms with E-state index in [-0.39, 0.29) is 11.7 Å². The maximum absolute atomic E-state index is 13.9. The van der Waals surface area contributed by atoms with Crippen LogP contribution in [-0.4, -0.2) is 48.1 Å². The van der Waals surface area contributed by atoms with Crippen LogP contribution < -0.4 is 15.1 Å². The standard InChI is InChI=1S/C18H20FN5O/c19-14-3-1-2-4-16(14)23-7-9-24(10-8-23)17-11-15(20-12-21-17)18(25)22-13-5-6-13/h1-4,11-13H,5-10H2,(H,22,25). The Hall–Kier alpha value is -2.70. The molecule has 1 N–H and O–H groups in total. The van der Waals surface area contributed by atoms with E-state index in [0.717, 1.165) is 31.7 Å². The summed E-state index contributed by atoms with van der Waals surface area (Å²) in [7, 11) is 0. The molecule has 130 valence electrons. The number of para-hydroxylation sites is 1. The predicted octanol–water partition coefficient (Wildman–Crippen LogP) is 1.83. The van der Waals surface area contributed by atoms with E-state index in [2.05, 4.69) is 20.2 Å². The predicted molar refractivity (Wildman–Crippen MR) is 93.3 cm³/mol. The highest BCUT2D eigenvalue weighted by atomic mass is 19.1. The Kier molecular flexibility index (Phi) is 4.21. The van der Waals surface area contributed by atoms with Crippen LogP contribution in [0.1, 0.15) is 23.3 Å². The SMILES string of the molecule is O=C(NC1CC1)c1cc(N2CCN(c3ccccc3F)CC2)ncn1. The maximum atomic E-state index is 13.9. The average molecular weight is 341 g/mol. The van der Waals surface area contributed by atoms with Gasteiger partial charge in [-0.05, 0) is 25.0 Å². The summed E-state index contributed by atoms with van der Waals surface area (Å²) < 4.78 is 13.9. The van der Waals surface area contributed by atoms with Crippen LogP contribution in [0.15, 0.2) is 36.7 Å². The molecule has 25 heavy (non-hydrogen) atoms. The van der Waals surface area contributed by atoms with Crippen molar-refractivity contribution in [1.29, 1.82) is 0 Å². The number of carbonyl (C=O) groups excluding carboxylic acids is 1. The third-order valence-electron chi connectivity index (χ3n) is 4.59. The summed E-state index contributed by atoms with van der Waals surface area (Å²) in [6, 6.07) is 8.86. The molecule has 1 aromatic carbocycles. The van der Waals surface area contributed by atoms with Crippen molar-refractivity contribution in [3.63, 3.8) is 0 Å². The normalized spacial score (nSPS) is 17.5. The molecule has 2 aromatic rings. The number of halogens is 1. The molecule has 6 nitrogen and oxygen atoms in total. The van der Waals surface area contributed by atoms with Gasteiger partial charge in [-0.15, -0.1) is 0 Å². The fourth-order valence-electron chi connectivity index (χ4n) is 3.02. The summed E-state index contributed by atoms with van der Waals surface area (Å²) >= 11 is 0. The van der Waals surface area contributed by atoms with E-state index < -0.39 is 0 Å². The second-order valence-corrected chi connectivity index (χ2v) is 6.43. The summed E-state index contributed by atoms with van der Waals surface area (Å²) in [6.45, 7) is 2.84. The topological polar surface area (TPSA) is 61.4 Å². The van der Waals surface area contributed by atoms with E-state index in [1.807, 2.05) is 11.0 Å². The molecule has 0 unspecified atom stereocenters. The Bertz CT molecular complexity index is 772. The Morgan fingerprint density at radius 2 is 1.80 bits per heavy atom. The van der Waals surface area contributed by atoms with Crippen molar-refractivity contribution in [3.8, 4) is 0 Å². The molecule has 1 aromatic heterocycles. The lowest BCUT2D eigenvalue weighted by molar-refractivity contribution is 0.0946. The molecule has 1 amide bonds. The van der Waals surface area contributed by atoms with Gasteiger partial charge in [0.1, 0.15) is 23.7 Å². The Morgan fingerprint density at radius 3 is 2.52 bits per heavy atom. The molecule has 2 aliphatic rings. The van der Waals surface area contributed by atoms with E-state index in [9.17, 15) is 9.18 Å². The molecule has 1 aliphatic heterocycles. The number of benzene rings is 1. The zero-order valence-corrected chi connectivity index (χ0v) is 13.9. The van der Waals surface area contributed by atoms with Gasteiger partial charge in [-0.3, -0.25) is 4.79 Å². The number of piperazine rings is 1. The van der Waals surface area contributed by atoms with E-state index in [4.69, 9.17) is 0 Å². The summed E-state index contributed by atoms with van der Waals surface area (Å²) in [4.78, 5) is 24.7. The molecule has 0 spiro atoms. The van der Waals surface area contributed by atoms with Gasteiger partial charge in [-0.25, -0.2) is 14.4 Å². The first-order chi connectivity index (χ1) is 12.2. The largest absolute Gasteiger partial charge is 0.366 e. The van der Waals surface area contributed by atoms with Crippen LogP contribution in [0, 0.1) is 5.82 Å². The van der Waals surface area contributed by atoms with Crippen LogP contribution in [0.3, 0.4) is 0 Å². The van der Waals surface area contributed by atoms with Crippen LogP contribution in [-0.2, 0) is 0 Å². The van der Waals surface area contributed by atoms with Gasteiger partial charge in [0.2, 0.25) is 0 Å². The van der Waals surface area contributed by atoms with Crippen molar-refractivity contribution in [2.45, 2.75) is 18.9 Å². The van der Waals surface area contributed by atoms with Gasteiger partial charge < -0.3 is 15.1 Å². The highest BCUT2D eigenvalue weighted by Gasteiger charge is 2.25. The number of amides is 1. The summed E-state index contributed by atoms with van der Waals surface area (Å²) in [5.41, 5.74) is 1.03. The molecular weight excluding hydrogens is 321 g/mol. The number of rotatable bonds is 4. The van der Waals surface area contributed by atoms with Crippen LogP contribution in [0.25, 0.3) is 0 Å². The van der Waals surface area contributed by atoms with Gasteiger partial charge in [-0.2, -0.15) is 0 Å². The first-order valence-corrected chi connectivity index (χ1v) is 8.58. The molecular formula is C18H20FN5O. The number of nitrogens with one attached hydrogen (secondary N) is 1. The van der Waals surface area contributed by atoms with Gasteiger partial charge in [0.25, 0.3) is 5.91 Å². The zero-order valence-electron chi connectivity index (χ0n) is 13.9. The summed E-state index contributed by atoms with van der Waals surface area (Å²) in [5, 5.41) is 2.94. The van der Waals surface area contributed by atoms with E-state index >= 15 is 0 Å². The molecule has 2 fully saturated rings. The summed E-state index contributed by atoms with van der Waals surface area (Å²) in [5.74, 6) is 0.400. The molecule has 0 atom stereocenters. The van der Waals surface area contributed by atoms with E-state index in [1.165, 1.54) is 12.4 Å². The van der Waals surface area contributed by atoms with Crippen molar-refractivity contribution in [2.75, 3.05) is 36.0 Å². The number of anilines is 2. The fraction of sp³-hybridized carbons (Fsp3) is 0.389. The maximum Gasteiger partial charge on any atom is 0.270 e. The number of carbonyl (C=O) groups is 1. The second kappa shape index (κ2) is 6.66. The minimum absolute atomic E-state index is 0.142. The van der Waals surface area contributed by atoms with Crippen molar-refractivity contribution in [1.82, 2.24) is 15.3 Å². The Labute approximate surface area is 145 Å². The summed E-state index contributed by atoms with van der Waals surface area (Å²) in [6.07, 6.45) is 3.52. The molecule has 0 radical (unpaired) electrons. The van der Waals surface area contributed by atoms with Crippen LogP contribution in [0.4, 0.5) is 15.9 Å². The van der Waals surface area contributed by atoms with Crippen LogP contribution in [0.5, 0.6) is 0 Å². The average Bonchev–Trinajstić information content (AvgIpc) is 3.46. The van der Waals surface area contributed by atoms with Gasteiger partial charge in [0.15, 0.2) is 0 Å². The third kappa shape index (κ3) is 3.55. The van der Waals surface area contributed by atoms with Crippen molar-refractivity contribution in [2.24, 2.45) is 0 Å². The minimum atomic E-state index is -0.197. The molecule has 0 bridgehead atoms. The first kappa shape index (κ1) is 15.8. The molecule has 1 aliphatic carbocycles. The van der Waals surface area contributed by atoms with Gasteiger partial charge in [0.05, 0.1) is 5.69 Å². The Balaban J connectivity index is 1.42. The van der Waals surface area contributed by atoms with E-state index in [0.29, 0.717) is 30.5 Å². The molecule has 1 saturated heterocycles. The monoisotopic (exact) mass is 341 g/mol. The van der Waals surface area contributed by atoms with Crippen molar-refractivity contribution < 1.29 is 9.18 Å². The van der Waals surface area contributed by atoms with Gasteiger partial charge >= 0.3 is 0 Å². The molecule has 7 heteroatoms. The molecule has 2 heterocycles. The van der Waals surface area contributed by atoms with Crippen LogP contribution >= 0.6 is 0 Å². The fourth-order valence-corrected chi connectivity index (χ4v) is 3.02. The number of hydrogen-bond donors (Lipinski definition) is 1. The molecule has 1 saturated carbocycles.